The van der Waals surface area contributed by atoms with Crippen LogP contribution in [-0.4, -0.2) is 34.3 Å². The van der Waals surface area contributed by atoms with E-state index in [9.17, 15) is 16.8 Å². The van der Waals surface area contributed by atoms with Crippen molar-refractivity contribution < 1.29 is 21.6 Å². The third-order valence-electron chi connectivity index (χ3n) is 5.51. The minimum atomic E-state index is -3.91. The predicted molar refractivity (Wildman–Crippen MR) is 127 cm³/mol. The van der Waals surface area contributed by atoms with Crippen molar-refractivity contribution in [3.63, 3.8) is 0 Å². The van der Waals surface area contributed by atoms with Crippen LogP contribution in [0.25, 0.3) is 0 Å². The number of sulfonamides is 2. The molecule has 0 radical (unpaired) electrons. The molecule has 1 N–H and O–H groups in total. The average Bonchev–Trinajstić information content (AvgIpc) is 2.80. The highest BCUT2D eigenvalue weighted by Crippen LogP contribution is 2.30. The van der Waals surface area contributed by atoms with E-state index < -0.39 is 20.0 Å². The summed E-state index contributed by atoms with van der Waals surface area (Å²) in [5, 5.41) is 0. The Hall–Kier alpha value is -2.88. The molecule has 174 valence electrons. The second-order valence-electron chi connectivity index (χ2n) is 7.87. The summed E-state index contributed by atoms with van der Waals surface area (Å²) in [6, 6.07) is 18.6. The fourth-order valence-corrected chi connectivity index (χ4v) is 6.57. The molecule has 0 saturated carbocycles. The van der Waals surface area contributed by atoms with Crippen molar-refractivity contribution in [3.05, 3.63) is 83.4 Å². The first-order chi connectivity index (χ1) is 15.7. The maximum Gasteiger partial charge on any atom is 0.265 e. The van der Waals surface area contributed by atoms with E-state index in [2.05, 4.69) is 4.72 Å². The first kappa shape index (κ1) is 23.3. The van der Waals surface area contributed by atoms with Crippen LogP contribution < -0.4 is 9.46 Å². The zero-order valence-electron chi connectivity index (χ0n) is 18.5. The van der Waals surface area contributed by atoms with E-state index in [1.54, 1.807) is 67.6 Å². The predicted octanol–water partition coefficient (Wildman–Crippen LogP) is 3.94. The summed E-state index contributed by atoms with van der Waals surface area (Å²) in [7, 11) is -7.54. The van der Waals surface area contributed by atoms with Gasteiger partial charge in [-0.15, -0.1) is 0 Å². The van der Waals surface area contributed by atoms with Crippen molar-refractivity contribution in [2.75, 3.05) is 17.9 Å². The quantitative estimate of drug-likeness (QED) is 0.546. The molecular weight excluding hydrogens is 460 g/mol. The summed E-state index contributed by atoms with van der Waals surface area (Å²) < 4.78 is 61.9. The van der Waals surface area contributed by atoms with Crippen molar-refractivity contribution in [2.45, 2.75) is 36.6 Å². The Morgan fingerprint density at radius 3 is 2.42 bits per heavy atom. The number of nitrogens with one attached hydrogen (secondary N) is 1. The van der Waals surface area contributed by atoms with E-state index in [1.807, 2.05) is 13.0 Å². The van der Waals surface area contributed by atoms with Gasteiger partial charge >= 0.3 is 0 Å². The van der Waals surface area contributed by atoms with E-state index >= 15 is 0 Å². The highest BCUT2D eigenvalue weighted by Gasteiger charge is 2.29. The molecule has 0 aliphatic carbocycles. The number of anilines is 1. The fourth-order valence-electron chi connectivity index (χ4n) is 3.85. The van der Waals surface area contributed by atoms with Crippen LogP contribution in [0.15, 0.2) is 76.5 Å². The van der Waals surface area contributed by atoms with Gasteiger partial charge in [-0.25, -0.2) is 16.8 Å². The van der Waals surface area contributed by atoms with Gasteiger partial charge in [-0.05, 0) is 73.4 Å². The smallest absolute Gasteiger partial charge is 0.265 e. The van der Waals surface area contributed by atoms with Gasteiger partial charge in [0.1, 0.15) is 10.6 Å². The summed E-state index contributed by atoms with van der Waals surface area (Å²) >= 11 is 0. The highest BCUT2D eigenvalue weighted by atomic mass is 32.2. The number of nitrogens with zero attached hydrogens (tertiary/aromatic N) is 1. The molecule has 0 aromatic heterocycles. The summed E-state index contributed by atoms with van der Waals surface area (Å²) in [6.45, 7) is 4.50. The standard InChI is InChI=1S/C24H26N2O5S2/c1-3-31-23-12-9-18(2)15-24(23)32(27,28)25-21-11-10-19-13-14-26(17-20(19)16-21)33(29,30)22-7-5-4-6-8-22/h4-12,15-16,25H,3,13-14,17H2,1-2H3. The van der Waals surface area contributed by atoms with E-state index in [0.29, 0.717) is 25.3 Å². The Kier molecular flexibility index (Phi) is 6.47. The maximum atomic E-state index is 13.1. The largest absolute Gasteiger partial charge is 0.492 e. The van der Waals surface area contributed by atoms with Crippen LogP contribution in [0.4, 0.5) is 5.69 Å². The van der Waals surface area contributed by atoms with E-state index in [4.69, 9.17) is 4.74 Å². The second kappa shape index (κ2) is 9.17. The highest BCUT2D eigenvalue weighted by molar-refractivity contribution is 7.92. The lowest BCUT2D eigenvalue weighted by Gasteiger charge is -2.28. The minimum absolute atomic E-state index is 0.0651. The fraction of sp³-hybridized carbons (Fsp3) is 0.250. The molecule has 0 amide bonds. The van der Waals surface area contributed by atoms with Crippen LogP contribution in [0.2, 0.25) is 0 Å². The molecule has 3 aromatic rings. The van der Waals surface area contributed by atoms with Crippen LogP contribution in [0.1, 0.15) is 23.6 Å². The Labute approximate surface area is 195 Å². The van der Waals surface area contributed by atoms with Gasteiger partial charge in [0, 0.05) is 18.8 Å². The molecule has 0 unspecified atom stereocenters. The van der Waals surface area contributed by atoms with Gasteiger partial charge in [0.05, 0.1) is 11.5 Å². The number of benzene rings is 3. The molecular formula is C24H26N2O5S2. The molecule has 0 saturated heterocycles. The monoisotopic (exact) mass is 486 g/mol. The number of rotatable bonds is 7. The summed E-state index contributed by atoms with van der Waals surface area (Å²) in [5.74, 6) is 0.286. The number of ether oxygens (including phenoxy) is 1. The average molecular weight is 487 g/mol. The molecule has 1 heterocycles. The molecule has 4 rings (SSSR count). The second-order valence-corrected chi connectivity index (χ2v) is 11.5. The summed E-state index contributed by atoms with van der Waals surface area (Å²) in [6.07, 6.45) is 0.556. The van der Waals surface area contributed by atoms with Crippen LogP contribution in [0.3, 0.4) is 0 Å². The molecule has 1 aliphatic heterocycles. The maximum absolute atomic E-state index is 13.1. The molecule has 0 atom stereocenters. The zero-order chi connectivity index (χ0) is 23.6. The molecule has 3 aromatic carbocycles. The zero-order valence-corrected chi connectivity index (χ0v) is 20.1. The van der Waals surface area contributed by atoms with Crippen molar-refractivity contribution in [1.29, 1.82) is 0 Å². The first-order valence-corrected chi connectivity index (χ1v) is 13.6. The van der Waals surface area contributed by atoms with Crippen molar-refractivity contribution in [2.24, 2.45) is 0 Å². The van der Waals surface area contributed by atoms with Crippen LogP contribution in [-0.2, 0) is 33.0 Å². The molecule has 0 fully saturated rings. The Bertz CT molecular complexity index is 1370. The van der Waals surface area contributed by atoms with Crippen molar-refractivity contribution in [3.8, 4) is 5.75 Å². The van der Waals surface area contributed by atoms with Gasteiger partial charge in [0.15, 0.2) is 0 Å². The number of aryl methyl sites for hydroxylation is 1. The van der Waals surface area contributed by atoms with E-state index in [1.165, 1.54) is 4.31 Å². The van der Waals surface area contributed by atoms with Gasteiger partial charge in [0.2, 0.25) is 10.0 Å². The van der Waals surface area contributed by atoms with Crippen LogP contribution in [0.5, 0.6) is 5.75 Å². The Morgan fingerprint density at radius 1 is 0.939 bits per heavy atom. The van der Waals surface area contributed by atoms with Gasteiger partial charge < -0.3 is 4.74 Å². The molecule has 33 heavy (non-hydrogen) atoms. The Morgan fingerprint density at radius 2 is 1.70 bits per heavy atom. The number of hydrogen-bond acceptors (Lipinski definition) is 5. The normalized spacial score (nSPS) is 14.5. The SMILES string of the molecule is CCOc1ccc(C)cc1S(=O)(=O)Nc1ccc2c(c1)CN(S(=O)(=O)c1ccccc1)CC2. The van der Waals surface area contributed by atoms with E-state index in [0.717, 1.165) is 16.7 Å². The summed E-state index contributed by atoms with van der Waals surface area (Å²) in [5.41, 5.74) is 2.95. The van der Waals surface area contributed by atoms with E-state index in [-0.39, 0.29) is 22.1 Å². The van der Waals surface area contributed by atoms with Gasteiger partial charge in [-0.3, -0.25) is 4.72 Å². The van der Waals surface area contributed by atoms with Crippen molar-refractivity contribution >= 4 is 25.7 Å². The lowest BCUT2D eigenvalue weighted by molar-refractivity contribution is 0.331. The van der Waals surface area contributed by atoms with Gasteiger partial charge in [-0.1, -0.05) is 30.3 Å². The lowest BCUT2D eigenvalue weighted by Crippen LogP contribution is -2.36. The molecule has 0 bridgehead atoms. The molecule has 9 heteroatoms. The third kappa shape index (κ3) is 4.90. The van der Waals surface area contributed by atoms with Gasteiger partial charge in [0.25, 0.3) is 10.0 Å². The number of fused-ring (bicyclic) bond motifs is 1. The van der Waals surface area contributed by atoms with Crippen molar-refractivity contribution in [1.82, 2.24) is 4.31 Å². The molecule has 1 aliphatic rings. The topological polar surface area (TPSA) is 92.8 Å². The lowest BCUT2D eigenvalue weighted by atomic mass is 10.0. The van der Waals surface area contributed by atoms with Crippen LogP contribution in [0, 0.1) is 6.92 Å². The summed E-state index contributed by atoms with van der Waals surface area (Å²) in [4.78, 5) is 0.309. The molecule has 0 spiro atoms. The molecule has 7 nitrogen and oxygen atoms in total. The first-order valence-electron chi connectivity index (χ1n) is 10.6. The Balaban J connectivity index is 1.61. The van der Waals surface area contributed by atoms with Crippen LogP contribution >= 0.6 is 0 Å². The third-order valence-corrected chi connectivity index (χ3v) is 8.77. The number of hydrogen-bond donors (Lipinski definition) is 1. The minimum Gasteiger partial charge on any atom is -0.492 e. The van der Waals surface area contributed by atoms with Gasteiger partial charge in [-0.2, -0.15) is 4.31 Å².